The summed E-state index contributed by atoms with van der Waals surface area (Å²) in [7, 11) is 0. The highest BCUT2D eigenvalue weighted by Gasteiger charge is 2.07. The van der Waals surface area contributed by atoms with Crippen LogP contribution in [0.5, 0.6) is 0 Å². The fourth-order valence-corrected chi connectivity index (χ4v) is 3.25. The summed E-state index contributed by atoms with van der Waals surface area (Å²) in [6.45, 7) is 4.53. The Kier molecular flexibility index (Phi) is 2.71. The Morgan fingerprint density at radius 1 is 0.571 bits per heavy atom. The van der Waals surface area contributed by atoms with Crippen LogP contribution in [0.4, 0.5) is 0 Å². The van der Waals surface area contributed by atoms with E-state index in [0.717, 1.165) is 0 Å². The fraction of sp³-hybridized carbons (Fsp3) is 0.143. The molecule has 0 amide bonds. The number of fused-ring (bicyclic) bond motifs is 3. The predicted octanol–water partition coefficient (Wildman–Crippen LogP) is 6.27. The maximum Gasteiger partial charge on any atom is -0.0143 e. The number of hydrogen-bond acceptors (Lipinski definition) is 0. The van der Waals surface area contributed by atoms with E-state index in [2.05, 4.69) is 80.6 Å². The summed E-state index contributed by atoms with van der Waals surface area (Å²) in [5.74, 6) is 0.548. The SMILES string of the molecule is CC(C)c1cccc2cc3cc4ccccc4cc3cc12. The molecule has 4 rings (SSSR count). The number of benzene rings is 4. The van der Waals surface area contributed by atoms with Gasteiger partial charge in [0, 0.05) is 0 Å². The number of hydrogen-bond donors (Lipinski definition) is 0. The highest BCUT2D eigenvalue weighted by molar-refractivity contribution is 6.05. The van der Waals surface area contributed by atoms with Crippen molar-refractivity contribution in [1.29, 1.82) is 0 Å². The van der Waals surface area contributed by atoms with Gasteiger partial charge in [0.1, 0.15) is 0 Å². The quantitative estimate of drug-likeness (QED) is 0.357. The summed E-state index contributed by atoms with van der Waals surface area (Å²) >= 11 is 0. The van der Waals surface area contributed by atoms with Crippen molar-refractivity contribution < 1.29 is 0 Å². The second-order valence-corrected chi connectivity index (χ2v) is 6.12. The van der Waals surface area contributed by atoms with E-state index in [1.165, 1.54) is 37.9 Å². The third-order valence-corrected chi connectivity index (χ3v) is 4.36. The first kappa shape index (κ1) is 12.4. The molecule has 0 spiro atoms. The lowest BCUT2D eigenvalue weighted by Gasteiger charge is -2.11. The molecule has 102 valence electrons. The van der Waals surface area contributed by atoms with E-state index in [1.54, 1.807) is 0 Å². The van der Waals surface area contributed by atoms with Gasteiger partial charge in [-0.2, -0.15) is 0 Å². The van der Waals surface area contributed by atoms with Crippen LogP contribution in [-0.4, -0.2) is 0 Å². The zero-order valence-electron chi connectivity index (χ0n) is 12.4. The van der Waals surface area contributed by atoms with Gasteiger partial charge in [-0.25, -0.2) is 0 Å². The Balaban J connectivity index is 2.13. The fourth-order valence-electron chi connectivity index (χ4n) is 3.25. The molecule has 0 saturated heterocycles. The summed E-state index contributed by atoms with van der Waals surface area (Å²) in [5, 5.41) is 7.99. The van der Waals surface area contributed by atoms with Crippen LogP contribution in [0.2, 0.25) is 0 Å². The lowest BCUT2D eigenvalue weighted by atomic mass is 9.93. The van der Waals surface area contributed by atoms with Crippen LogP contribution in [-0.2, 0) is 0 Å². The lowest BCUT2D eigenvalue weighted by molar-refractivity contribution is 0.876. The Morgan fingerprint density at radius 3 is 1.81 bits per heavy atom. The molecule has 0 atom stereocenters. The molecule has 0 heterocycles. The van der Waals surface area contributed by atoms with Crippen LogP contribution in [0.3, 0.4) is 0 Å². The van der Waals surface area contributed by atoms with Crippen LogP contribution >= 0.6 is 0 Å². The van der Waals surface area contributed by atoms with Gasteiger partial charge in [-0.3, -0.25) is 0 Å². The van der Waals surface area contributed by atoms with Crippen LogP contribution in [0, 0.1) is 0 Å². The van der Waals surface area contributed by atoms with Gasteiger partial charge in [0.2, 0.25) is 0 Å². The minimum Gasteiger partial charge on any atom is -0.0616 e. The van der Waals surface area contributed by atoms with Gasteiger partial charge in [0.15, 0.2) is 0 Å². The van der Waals surface area contributed by atoms with Crippen molar-refractivity contribution in [2.24, 2.45) is 0 Å². The molecule has 0 N–H and O–H groups in total. The molecule has 0 aliphatic heterocycles. The second kappa shape index (κ2) is 4.60. The van der Waals surface area contributed by atoms with Crippen LogP contribution < -0.4 is 0 Å². The molecule has 0 aromatic heterocycles. The Hall–Kier alpha value is -2.34. The molecular weight excluding hydrogens is 252 g/mol. The molecule has 4 aromatic carbocycles. The van der Waals surface area contributed by atoms with Crippen LogP contribution in [0.25, 0.3) is 32.3 Å². The third kappa shape index (κ3) is 1.99. The van der Waals surface area contributed by atoms with Crippen molar-refractivity contribution in [3.05, 3.63) is 72.3 Å². The Morgan fingerprint density at radius 2 is 1.14 bits per heavy atom. The summed E-state index contributed by atoms with van der Waals surface area (Å²) < 4.78 is 0. The van der Waals surface area contributed by atoms with E-state index in [1.807, 2.05) is 0 Å². The number of rotatable bonds is 1. The summed E-state index contributed by atoms with van der Waals surface area (Å²) in [5.41, 5.74) is 1.43. The minimum absolute atomic E-state index is 0.548. The van der Waals surface area contributed by atoms with Gasteiger partial charge in [-0.15, -0.1) is 0 Å². The third-order valence-electron chi connectivity index (χ3n) is 4.36. The monoisotopic (exact) mass is 270 g/mol. The summed E-state index contributed by atoms with van der Waals surface area (Å²) in [6.07, 6.45) is 0. The molecule has 21 heavy (non-hydrogen) atoms. The maximum absolute atomic E-state index is 2.35. The Bertz CT molecular complexity index is 961. The van der Waals surface area contributed by atoms with Crippen molar-refractivity contribution >= 4 is 32.3 Å². The van der Waals surface area contributed by atoms with Crippen molar-refractivity contribution in [3.8, 4) is 0 Å². The second-order valence-electron chi connectivity index (χ2n) is 6.12. The van der Waals surface area contributed by atoms with Gasteiger partial charge in [0.25, 0.3) is 0 Å². The average Bonchev–Trinajstić information content (AvgIpc) is 2.50. The zero-order chi connectivity index (χ0) is 14.4. The van der Waals surface area contributed by atoms with Crippen molar-refractivity contribution in [1.82, 2.24) is 0 Å². The molecule has 0 saturated carbocycles. The normalized spacial score (nSPS) is 11.8. The standard InChI is InChI=1S/C21H18/c1-14(2)20-9-5-8-17-12-18-10-15-6-3-4-7-16(15)11-19(18)13-21(17)20/h3-14H,1-2H3. The molecule has 0 fully saturated rings. The minimum atomic E-state index is 0.548. The summed E-state index contributed by atoms with van der Waals surface area (Å²) in [4.78, 5) is 0. The largest absolute Gasteiger partial charge is 0.0616 e. The van der Waals surface area contributed by atoms with Gasteiger partial charge in [0.05, 0.1) is 0 Å². The van der Waals surface area contributed by atoms with Crippen molar-refractivity contribution in [2.45, 2.75) is 19.8 Å². The van der Waals surface area contributed by atoms with Crippen LogP contribution in [0.15, 0.2) is 66.7 Å². The first-order valence-corrected chi connectivity index (χ1v) is 7.57. The van der Waals surface area contributed by atoms with E-state index in [9.17, 15) is 0 Å². The molecule has 0 aliphatic rings. The maximum atomic E-state index is 2.35. The van der Waals surface area contributed by atoms with E-state index in [0.29, 0.717) is 5.92 Å². The molecule has 0 nitrogen and oxygen atoms in total. The average molecular weight is 270 g/mol. The van der Waals surface area contributed by atoms with Gasteiger partial charge < -0.3 is 0 Å². The van der Waals surface area contributed by atoms with Crippen LogP contribution in [0.1, 0.15) is 25.3 Å². The molecule has 0 unspecified atom stereocenters. The molecule has 4 aromatic rings. The first-order chi connectivity index (χ1) is 10.2. The zero-order valence-corrected chi connectivity index (χ0v) is 12.4. The molecule has 0 aliphatic carbocycles. The van der Waals surface area contributed by atoms with E-state index in [4.69, 9.17) is 0 Å². The highest BCUT2D eigenvalue weighted by Crippen LogP contribution is 2.31. The lowest BCUT2D eigenvalue weighted by Crippen LogP contribution is -1.89. The molecule has 0 radical (unpaired) electrons. The van der Waals surface area contributed by atoms with E-state index in [-0.39, 0.29) is 0 Å². The topological polar surface area (TPSA) is 0 Å². The highest BCUT2D eigenvalue weighted by atomic mass is 14.1. The van der Waals surface area contributed by atoms with Gasteiger partial charge in [-0.1, -0.05) is 56.3 Å². The Labute approximate surface area is 125 Å². The molecular formula is C21H18. The van der Waals surface area contributed by atoms with Crippen molar-refractivity contribution in [3.63, 3.8) is 0 Å². The summed E-state index contributed by atoms with van der Waals surface area (Å²) in [6, 6.07) is 24.5. The van der Waals surface area contributed by atoms with E-state index < -0.39 is 0 Å². The molecule has 0 bridgehead atoms. The predicted molar refractivity (Wildman–Crippen MR) is 93.0 cm³/mol. The van der Waals surface area contributed by atoms with E-state index >= 15 is 0 Å². The smallest absolute Gasteiger partial charge is 0.0143 e. The first-order valence-electron chi connectivity index (χ1n) is 7.57. The van der Waals surface area contributed by atoms with Crippen molar-refractivity contribution in [2.75, 3.05) is 0 Å². The van der Waals surface area contributed by atoms with Gasteiger partial charge in [-0.05, 0) is 68.1 Å². The molecule has 0 heteroatoms. The van der Waals surface area contributed by atoms with Gasteiger partial charge >= 0.3 is 0 Å².